The van der Waals surface area contributed by atoms with E-state index in [4.69, 9.17) is 10.2 Å². The van der Waals surface area contributed by atoms with Crippen LogP contribution in [-0.2, 0) is 9.59 Å². The molecule has 21 heavy (non-hydrogen) atoms. The SMILES string of the molecule is CCC(C)c1ccccc1N[C@@H](C)C(=O)O.NCC(=O)O. The van der Waals surface area contributed by atoms with Crippen molar-refractivity contribution in [3.8, 4) is 0 Å². The summed E-state index contributed by atoms with van der Waals surface area (Å²) in [5.74, 6) is -1.37. The van der Waals surface area contributed by atoms with Crippen molar-refractivity contribution in [3.63, 3.8) is 0 Å². The van der Waals surface area contributed by atoms with Gasteiger partial charge in [-0.05, 0) is 30.9 Å². The Morgan fingerprint density at radius 3 is 2.19 bits per heavy atom. The van der Waals surface area contributed by atoms with Gasteiger partial charge in [0.25, 0.3) is 0 Å². The number of para-hydroxylation sites is 1. The van der Waals surface area contributed by atoms with Crippen molar-refractivity contribution >= 4 is 17.6 Å². The summed E-state index contributed by atoms with van der Waals surface area (Å²) in [6, 6.07) is 7.32. The van der Waals surface area contributed by atoms with Gasteiger partial charge in [-0.15, -0.1) is 0 Å². The van der Waals surface area contributed by atoms with E-state index in [9.17, 15) is 9.59 Å². The van der Waals surface area contributed by atoms with Crippen molar-refractivity contribution in [2.24, 2.45) is 5.73 Å². The van der Waals surface area contributed by atoms with Crippen LogP contribution in [0.1, 0.15) is 38.7 Å². The molecule has 0 aliphatic heterocycles. The minimum Gasteiger partial charge on any atom is -0.480 e. The third-order valence-corrected chi connectivity index (χ3v) is 3.02. The molecule has 1 aromatic rings. The average Bonchev–Trinajstić information content (AvgIpc) is 2.47. The first-order valence-corrected chi connectivity index (χ1v) is 6.83. The van der Waals surface area contributed by atoms with E-state index in [2.05, 4.69) is 24.9 Å². The number of hydrogen-bond donors (Lipinski definition) is 4. The van der Waals surface area contributed by atoms with Gasteiger partial charge in [0.1, 0.15) is 6.04 Å². The number of nitrogens with two attached hydrogens (primary N) is 1. The van der Waals surface area contributed by atoms with Crippen molar-refractivity contribution in [2.45, 2.75) is 39.2 Å². The van der Waals surface area contributed by atoms with Crippen molar-refractivity contribution < 1.29 is 19.8 Å². The Morgan fingerprint density at radius 2 is 1.76 bits per heavy atom. The predicted molar refractivity (Wildman–Crippen MR) is 82.6 cm³/mol. The van der Waals surface area contributed by atoms with Crippen molar-refractivity contribution in [3.05, 3.63) is 29.8 Å². The van der Waals surface area contributed by atoms with Crippen LogP contribution in [0, 0.1) is 0 Å². The van der Waals surface area contributed by atoms with Crippen LogP contribution in [0.25, 0.3) is 0 Å². The molecule has 1 unspecified atom stereocenters. The Labute approximate surface area is 125 Å². The first-order chi connectivity index (χ1) is 9.83. The van der Waals surface area contributed by atoms with Gasteiger partial charge in [-0.25, -0.2) is 0 Å². The second-order valence-corrected chi connectivity index (χ2v) is 4.70. The van der Waals surface area contributed by atoms with Crippen LogP contribution in [0.2, 0.25) is 0 Å². The standard InChI is InChI=1S/C13H19NO2.C2H5NO2/c1-4-9(2)11-7-5-6-8-12(11)14-10(3)13(15)16;3-1-2(4)5/h5-10,14H,4H2,1-3H3,(H,15,16);1,3H2,(H,4,5)/t9?,10-;/m0./s1. The quantitative estimate of drug-likeness (QED) is 0.639. The zero-order valence-corrected chi connectivity index (χ0v) is 12.7. The molecule has 118 valence electrons. The molecule has 6 heteroatoms. The summed E-state index contributed by atoms with van der Waals surface area (Å²) >= 11 is 0. The van der Waals surface area contributed by atoms with Gasteiger partial charge in [0.15, 0.2) is 0 Å². The number of nitrogens with one attached hydrogen (secondary N) is 1. The summed E-state index contributed by atoms with van der Waals surface area (Å²) in [6.45, 7) is 5.64. The zero-order chi connectivity index (χ0) is 16.4. The highest BCUT2D eigenvalue weighted by atomic mass is 16.4. The molecular weight excluding hydrogens is 272 g/mol. The van der Waals surface area contributed by atoms with E-state index in [0.29, 0.717) is 5.92 Å². The number of carboxylic acid groups (broad SMARTS) is 2. The minimum atomic E-state index is -0.968. The Balaban J connectivity index is 0.000000690. The summed E-state index contributed by atoms with van der Waals surface area (Å²) in [4.78, 5) is 20.0. The Morgan fingerprint density at radius 1 is 1.24 bits per heavy atom. The van der Waals surface area contributed by atoms with Gasteiger partial charge < -0.3 is 21.3 Å². The highest BCUT2D eigenvalue weighted by Gasteiger charge is 2.14. The monoisotopic (exact) mass is 296 g/mol. The molecule has 0 aliphatic rings. The molecule has 0 aromatic heterocycles. The second-order valence-electron chi connectivity index (χ2n) is 4.70. The van der Waals surface area contributed by atoms with Crippen LogP contribution >= 0.6 is 0 Å². The number of anilines is 1. The van der Waals surface area contributed by atoms with E-state index in [1.807, 2.05) is 24.3 Å². The van der Waals surface area contributed by atoms with Crippen LogP contribution in [0.5, 0.6) is 0 Å². The maximum Gasteiger partial charge on any atom is 0.325 e. The number of carboxylic acids is 2. The number of rotatable bonds is 6. The molecule has 0 saturated carbocycles. The number of carbonyl (C=O) groups is 2. The molecule has 0 heterocycles. The fourth-order valence-electron chi connectivity index (χ4n) is 1.57. The van der Waals surface area contributed by atoms with Crippen molar-refractivity contribution in [2.75, 3.05) is 11.9 Å². The minimum absolute atomic E-state index is 0.278. The third kappa shape index (κ3) is 7.31. The average molecular weight is 296 g/mol. The first kappa shape index (κ1) is 18.9. The Hall–Kier alpha value is -2.08. The predicted octanol–water partition coefficient (Wildman–Crippen LogP) is 2.11. The normalized spacial score (nSPS) is 12.6. The fourth-order valence-corrected chi connectivity index (χ4v) is 1.57. The van der Waals surface area contributed by atoms with E-state index in [1.54, 1.807) is 6.92 Å². The molecule has 5 N–H and O–H groups in total. The highest BCUT2D eigenvalue weighted by molar-refractivity contribution is 5.77. The molecule has 0 fully saturated rings. The zero-order valence-electron chi connectivity index (χ0n) is 12.7. The lowest BCUT2D eigenvalue weighted by Crippen LogP contribution is -2.26. The van der Waals surface area contributed by atoms with Gasteiger partial charge in [-0.3, -0.25) is 9.59 Å². The number of hydrogen-bond acceptors (Lipinski definition) is 4. The Bertz CT molecular complexity index is 463. The van der Waals surface area contributed by atoms with E-state index in [-0.39, 0.29) is 6.54 Å². The van der Waals surface area contributed by atoms with Crippen LogP contribution in [0.4, 0.5) is 5.69 Å². The van der Waals surface area contributed by atoms with E-state index >= 15 is 0 Å². The van der Waals surface area contributed by atoms with E-state index in [1.165, 1.54) is 5.56 Å². The molecule has 0 amide bonds. The lowest BCUT2D eigenvalue weighted by Gasteiger charge is -2.18. The molecule has 1 rings (SSSR count). The van der Waals surface area contributed by atoms with Crippen LogP contribution < -0.4 is 11.1 Å². The first-order valence-electron chi connectivity index (χ1n) is 6.83. The van der Waals surface area contributed by atoms with Crippen LogP contribution in [0.3, 0.4) is 0 Å². The number of aliphatic carboxylic acids is 2. The summed E-state index contributed by atoms with van der Waals surface area (Å²) in [5.41, 5.74) is 6.67. The van der Waals surface area contributed by atoms with Gasteiger partial charge in [-0.1, -0.05) is 32.0 Å². The second kappa shape index (κ2) is 9.77. The molecule has 1 aromatic carbocycles. The number of benzene rings is 1. The van der Waals surface area contributed by atoms with Crippen LogP contribution in [-0.4, -0.2) is 34.7 Å². The summed E-state index contributed by atoms with van der Waals surface area (Å²) in [5, 5.41) is 19.5. The lowest BCUT2D eigenvalue weighted by molar-refractivity contribution is -0.137. The van der Waals surface area contributed by atoms with Gasteiger partial charge in [0, 0.05) is 5.69 Å². The van der Waals surface area contributed by atoms with E-state index in [0.717, 1.165) is 12.1 Å². The van der Waals surface area contributed by atoms with Gasteiger partial charge in [0.2, 0.25) is 0 Å². The summed E-state index contributed by atoms with van der Waals surface area (Å²) < 4.78 is 0. The molecule has 0 saturated heterocycles. The topological polar surface area (TPSA) is 113 Å². The Kier molecular flexibility index (Phi) is 8.80. The largest absolute Gasteiger partial charge is 0.480 e. The molecular formula is C15H24N2O4. The molecule has 0 aliphatic carbocycles. The third-order valence-electron chi connectivity index (χ3n) is 3.02. The molecule has 6 nitrogen and oxygen atoms in total. The molecule has 2 atom stereocenters. The van der Waals surface area contributed by atoms with Crippen molar-refractivity contribution in [1.29, 1.82) is 0 Å². The van der Waals surface area contributed by atoms with Gasteiger partial charge >= 0.3 is 11.9 Å². The maximum atomic E-state index is 10.8. The van der Waals surface area contributed by atoms with E-state index < -0.39 is 18.0 Å². The summed E-state index contributed by atoms with van der Waals surface area (Å²) in [6.07, 6.45) is 1.04. The summed E-state index contributed by atoms with van der Waals surface area (Å²) in [7, 11) is 0. The maximum absolute atomic E-state index is 10.8. The molecule has 0 radical (unpaired) electrons. The highest BCUT2D eigenvalue weighted by Crippen LogP contribution is 2.26. The van der Waals surface area contributed by atoms with Gasteiger partial charge in [0.05, 0.1) is 6.54 Å². The van der Waals surface area contributed by atoms with Crippen LogP contribution in [0.15, 0.2) is 24.3 Å². The molecule has 0 bridgehead atoms. The molecule has 0 spiro atoms. The lowest BCUT2D eigenvalue weighted by atomic mass is 9.96. The fraction of sp³-hybridized carbons (Fsp3) is 0.467. The smallest absolute Gasteiger partial charge is 0.325 e. The van der Waals surface area contributed by atoms with Gasteiger partial charge in [-0.2, -0.15) is 0 Å². The van der Waals surface area contributed by atoms with Crippen molar-refractivity contribution in [1.82, 2.24) is 0 Å².